The molecule has 0 fully saturated rings. The minimum absolute atomic E-state index is 0.0555. The largest absolute Gasteiger partial charge is 0.468 e. The summed E-state index contributed by atoms with van der Waals surface area (Å²) in [6, 6.07) is 8.70. The molecule has 1 atom stereocenters. The molecule has 2 aromatic rings. The fraction of sp³-hybridized carbons (Fsp3) is 0.412. The fourth-order valence-corrected chi connectivity index (χ4v) is 2.59. The summed E-state index contributed by atoms with van der Waals surface area (Å²) in [5, 5.41) is 14.4. The molecule has 7 heteroatoms. The molecule has 0 saturated heterocycles. The summed E-state index contributed by atoms with van der Waals surface area (Å²) in [7, 11) is 0. The first-order valence-corrected chi connectivity index (χ1v) is 8.54. The van der Waals surface area contributed by atoms with Crippen LogP contribution in [0.1, 0.15) is 31.2 Å². The molecule has 6 nitrogen and oxygen atoms in total. The molecule has 0 aliphatic heterocycles. The van der Waals surface area contributed by atoms with E-state index in [1.54, 1.807) is 18.4 Å². The van der Waals surface area contributed by atoms with Gasteiger partial charge in [-0.1, -0.05) is 19.9 Å². The zero-order chi connectivity index (χ0) is 17.5. The summed E-state index contributed by atoms with van der Waals surface area (Å²) in [6.07, 6.45) is 1.62. The number of nitrogens with zero attached hydrogens (tertiary/aromatic N) is 1. The number of rotatable bonds is 9. The van der Waals surface area contributed by atoms with Crippen LogP contribution in [0.15, 0.2) is 45.5 Å². The Balaban J connectivity index is 2.02. The molecule has 0 spiro atoms. The molecular weight excluding hydrogens is 376 g/mol. The summed E-state index contributed by atoms with van der Waals surface area (Å²) in [5.41, 5.74) is 0.880. The molecule has 1 N–H and O–H groups in total. The highest BCUT2D eigenvalue weighted by atomic mass is 79.9. The number of halogens is 1. The number of ether oxygens (including phenoxy) is 1. The van der Waals surface area contributed by atoms with Gasteiger partial charge in [0.15, 0.2) is 0 Å². The van der Waals surface area contributed by atoms with E-state index in [2.05, 4.69) is 35.1 Å². The van der Waals surface area contributed by atoms with E-state index >= 15 is 0 Å². The second-order valence-corrected chi connectivity index (χ2v) is 6.78. The van der Waals surface area contributed by atoms with E-state index < -0.39 is 4.92 Å². The van der Waals surface area contributed by atoms with Gasteiger partial charge in [-0.15, -0.1) is 0 Å². The van der Waals surface area contributed by atoms with Crippen LogP contribution in [-0.2, 0) is 11.3 Å². The van der Waals surface area contributed by atoms with Gasteiger partial charge in [-0.05, 0) is 45.6 Å². The highest BCUT2D eigenvalue weighted by molar-refractivity contribution is 9.10. The highest BCUT2D eigenvalue weighted by Crippen LogP contribution is 2.26. The number of nitro groups is 1. The molecule has 1 aromatic heterocycles. The molecule has 0 bridgehead atoms. The zero-order valence-corrected chi connectivity index (χ0v) is 15.3. The number of benzene rings is 1. The van der Waals surface area contributed by atoms with Crippen molar-refractivity contribution in [2.45, 2.75) is 26.4 Å². The van der Waals surface area contributed by atoms with E-state index in [4.69, 9.17) is 9.15 Å². The van der Waals surface area contributed by atoms with Crippen LogP contribution >= 0.6 is 15.9 Å². The van der Waals surface area contributed by atoms with E-state index in [0.717, 1.165) is 11.3 Å². The molecule has 2 rings (SSSR count). The van der Waals surface area contributed by atoms with Gasteiger partial charge in [0.2, 0.25) is 0 Å². The standard InChI is InChI=1S/C17H21BrN2O4/c1-12(2)10-23-11-15(17-4-3-7-24-17)19-9-13-5-6-14(18)16(8-13)20(21)22/h3-8,12,15,19H,9-11H2,1-2H3. The predicted molar refractivity (Wildman–Crippen MR) is 94.7 cm³/mol. The number of nitro benzene ring substituents is 1. The van der Waals surface area contributed by atoms with Gasteiger partial charge in [0.25, 0.3) is 5.69 Å². The van der Waals surface area contributed by atoms with Crippen molar-refractivity contribution in [2.75, 3.05) is 13.2 Å². The first-order valence-electron chi connectivity index (χ1n) is 7.74. The van der Waals surface area contributed by atoms with Gasteiger partial charge < -0.3 is 14.5 Å². The Morgan fingerprint density at radius 3 is 2.75 bits per heavy atom. The molecule has 24 heavy (non-hydrogen) atoms. The zero-order valence-electron chi connectivity index (χ0n) is 13.7. The van der Waals surface area contributed by atoms with Crippen molar-refractivity contribution >= 4 is 21.6 Å². The lowest BCUT2D eigenvalue weighted by atomic mass is 10.1. The third kappa shape index (κ3) is 5.43. The van der Waals surface area contributed by atoms with Gasteiger partial charge in [0.1, 0.15) is 5.76 Å². The molecule has 1 unspecified atom stereocenters. The SMILES string of the molecule is CC(C)COCC(NCc1ccc(Br)c([N+](=O)[O-])c1)c1ccco1. The van der Waals surface area contributed by atoms with Gasteiger partial charge in [-0.3, -0.25) is 10.1 Å². The summed E-state index contributed by atoms with van der Waals surface area (Å²) < 4.78 is 11.6. The Morgan fingerprint density at radius 2 is 2.12 bits per heavy atom. The second kappa shape index (κ2) is 8.96. The van der Waals surface area contributed by atoms with E-state index in [0.29, 0.717) is 30.1 Å². The number of furan rings is 1. The molecule has 0 radical (unpaired) electrons. The molecule has 0 aliphatic carbocycles. The maximum Gasteiger partial charge on any atom is 0.283 e. The monoisotopic (exact) mass is 396 g/mol. The molecular formula is C17H21BrN2O4. The van der Waals surface area contributed by atoms with Crippen molar-refractivity contribution in [3.8, 4) is 0 Å². The summed E-state index contributed by atoms with van der Waals surface area (Å²) >= 11 is 3.19. The van der Waals surface area contributed by atoms with Crippen LogP contribution in [0.3, 0.4) is 0 Å². The van der Waals surface area contributed by atoms with E-state index in [1.165, 1.54) is 0 Å². The van der Waals surface area contributed by atoms with E-state index in [9.17, 15) is 10.1 Å². The number of hydrogen-bond donors (Lipinski definition) is 1. The maximum absolute atomic E-state index is 11.0. The molecule has 1 heterocycles. The molecule has 130 valence electrons. The van der Waals surface area contributed by atoms with Gasteiger partial charge in [0, 0.05) is 19.2 Å². The molecule has 0 aliphatic rings. The smallest absolute Gasteiger partial charge is 0.283 e. The topological polar surface area (TPSA) is 77.5 Å². The lowest BCUT2D eigenvalue weighted by Crippen LogP contribution is -2.25. The Morgan fingerprint density at radius 1 is 1.33 bits per heavy atom. The Labute approximate surface area is 149 Å². The van der Waals surface area contributed by atoms with Crippen LogP contribution in [0.2, 0.25) is 0 Å². The Kier molecular flexibility index (Phi) is 6.96. The van der Waals surface area contributed by atoms with Gasteiger partial charge in [-0.2, -0.15) is 0 Å². The van der Waals surface area contributed by atoms with Gasteiger partial charge in [-0.25, -0.2) is 0 Å². The summed E-state index contributed by atoms with van der Waals surface area (Å²) in [4.78, 5) is 10.6. The van der Waals surface area contributed by atoms with Crippen molar-refractivity contribution in [3.05, 3.63) is 62.5 Å². The fourth-order valence-electron chi connectivity index (χ4n) is 2.20. The second-order valence-electron chi connectivity index (χ2n) is 5.92. The third-order valence-corrected chi connectivity index (χ3v) is 4.05. The minimum atomic E-state index is -0.399. The van der Waals surface area contributed by atoms with Crippen LogP contribution in [0.25, 0.3) is 0 Å². The first kappa shape index (κ1) is 18.6. The maximum atomic E-state index is 11.0. The van der Waals surface area contributed by atoms with E-state index in [-0.39, 0.29) is 11.7 Å². The molecule has 0 saturated carbocycles. The Hall–Kier alpha value is -1.70. The van der Waals surface area contributed by atoms with Gasteiger partial charge >= 0.3 is 0 Å². The van der Waals surface area contributed by atoms with Crippen LogP contribution in [0, 0.1) is 16.0 Å². The lowest BCUT2D eigenvalue weighted by molar-refractivity contribution is -0.385. The average molecular weight is 397 g/mol. The minimum Gasteiger partial charge on any atom is -0.468 e. The van der Waals surface area contributed by atoms with Crippen molar-refractivity contribution in [2.24, 2.45) is 5.92 Å². The predicted octanol–water partition coefficient (Wildman–Crippen LogP) is 4.45. The third-order valence-electron chi connectivity index (χ3n) is 3.38. The van der Waals surface area contributed by atoms with Crippen molar-refractivity contribution in [3.63, 3.8) is 0 Å². The lowest BCUT2D eigenvalue weighted by Gasteiger charge is -2.18. The summed E-state index contributed by atoms with van der Waals surface area (Å²) in [6.45, 7) is 5.81. The number of nitrogens with one attached hydrogen (secondary N) is 1. The normalized spacial score (nSPS) is 12.5. The molecule has 0 amide bonds. The van der Waals surface area contributed by atoms with Crippen molar-refractivity contribution in [1.82, 2.24) is 5.32 Å². The first-order chi connectivity index (χ1) is 11.5. The van der Waals surface area contributed by atoms with Crippen molar-refractivity contribution < 1.29 is 14.1 Å². The van der Waals surface area contributed by atoms with E-state index in [1.807, 2.05) is 18.2 Å². The van der Waals surface area contributed by atoms with Crippen molar-refractivity contribution in [1.29, 1.82) is 0 Å². The summed E-state index contributed by atoms with van der Waals surface area (Å²) in [5.74, 6) is 1.24. The Bertz CT molecular complexity index is 659. The quantitative estimate of drug-likeness (QED) is 0.500. The van der Waals surface area contributed by atoms with Gasteiger partial charge in [0.05, 0.1) is 28.3 Å². The van der Waals surface area contributed by atoms with Crippen LogP contribution < -0.4 is 5.32 Å². The number of hydrogen-bond acceptors (Lipinski definition) is 5. The van der Waals surface area contributed by atoms with Crippen LogP contribution in [0.5, 0.6) is 0 Å². The average Bonchev–Trinajstić information content (AvgIpc) is 3.05. The molecule has 1 aromatic carbocycles. The van der Waals surface area contributed by atoms with Crippen LogP contribution in [-0.4, -0.2) is 18.1 Å². The highest BCUT2D eigenvalue weighted by Gasteiger charge is 2.16. The van der Waals surface area contributed by atoms with Crippen LogP contribution in [0.4, 0.5) is 5.69 Å².